The number of benzene rings is 1. The lowest BCUT2D eigenvalue weighted by Crippen LogP contribution is -2.37. The summed E-state index contributed by atoms with van der Waals surface area (Å²) in [6.45, 7) is 2.33. The van der Waals surface area contributed by atoms with Crippen LogP contribution in [0.15, 0.2) is 53.5 Å². The van der Waals surface area contributed by atoms with E-state index in [9.17, 15) is 4.79 Å². The zero-order chi connectivity index (χ0) is 21.8. The predicted molar refractivity (Wildman–Crippen MR) is 119 cm³/mol. The monoisotopic (exact) mass is 421 g/mol. The number of nitrogens with two attached hydrogens (primary N) is 2. The van der Waals surface area contributed by atoms with E-state index in [-0.39, 0.29) is 11.8 Å². The second-order valence-corrected chi connectivity index (χ2v) is 7.85. The van der Waals surface area contributed by atoms with Crippen LogP contribution in [-0.2, 0) is 11.3 Å². The molecule has 162 valence electrons. The van der Waals surface area contributed by atoms with Crippen molar-refractivity contribution in [2.24, 2.45) is 17.5 Å². The summed E-state index contributed by atoms with van der Waals surface area (Å²) < 4.78 is 5.31. The maximum absolute atomic E-state index is 12.8. The molecule has 0 atom stereocenters. The third kappa shape index (κ3) is 5.19. The van der Waals surface area contributed by atoms with Gasteiger partial charge in [-0.25, -0.2) is 15.8 Å². The minimum atomic E-state index is -0.0386. The molecule has 4 rings (SSSR count). The van der Waals surface area contributed by atoms with E-state index in [0.717, 1.165) is 42.3 Å². The largest absolute Gasteiger partial charge is 0.448 e. The lowest BCUT2D eigenvalue weighted by molar-refractivity contribution is -0.121. The van der Waals surface area contributed by atoms with Gasteiger partial charge in [0.05, 0.1) is 18.4 Å². The molecule has 3 aromatic rings. The van der Waals surface area contributed by atoms with E-state index in [1.807, 2.05) is 24.3 Å². The number of hydrazine groups is 1. The molecule has 0 saturated carbocycles. The van der Waals surface area contributed by atoms with Crippen molar-refractivity contribution in [2.75, 3.05) is 25.5 Å². The van der Waals surface area contributed by atoms with Crippen molar-refractivity contribution in [3.05, 3.63) is 60.6 Å². The van der Waals surface area contributed by atoms with Gasteiger partial charge in [-0.3, -0.25) is 9.69 Å². The van der Waals surface area contributed by atoms with E-state index < -0.39 is 0 Å². The van der Waals surface area contributed by atoms with Crippen LogP contribution in [-0.4, -0.2) is 45.9 Å². The molecule has 31 heavy (non-hydrogen) atoms. The summed E-state index contributed by atoms with van der Waals surface area (Å²) in [6, 6.07) is 7.70. The van der Waals surface area contributed by atoms with E-state index in [2.05, 4.69) is 20.2 Å². The number of hydrogen-bond donors (Lipinski definition) is 3. The second-order valence-electron chi connectivity index (χ2n) is 7.85. The van der Waals surface area contributed by atoms with Gasteiger partial charge < -0.3 is 20.5 Å². The van der Waals surface area contributed by atoms with Gasteiger partial charge in [-0.15, -0.1) is 0 Å². The van der Waals surface area contributed by atoms with Crippen molar-refractivity contribution in [1.82, 2.24) is 19.9 Å². The van der Waals surface area contributed by atoms with Crippen LogP contribution < -0.4 is 16.9 Å². The van der Waals surface area contributed by atoms with Gasteiger partial charge in [-0.1, -0.05) is 12.1 Å². The van der Waals surface area contributed by atoms with E-state index in [4.69, 9.17) is 16.0 Å². The number of pyridine rings is 1. The minimum Gasteiger partial charge on any atom is -0.448 e. The highest BCUT2D eigenvalue weighted by Gasteiger charge is 2.26. The number of hydrogen-bond acceptors (Lipinski definition) is 8. The normalized spacial score (nSPS) is 15.9. The molecule has 0 spiro atoms. The zero-order valence-corrected chi connectivity index (χ0v) is 17.5. The summed E-state index contributed by atoms with van der Waals surface area (Å²) >= 11 is 0. The summed E-state index contributed by atoms with van der Waals surface area (Å²) in [5, 5.41) is 6.29. The molecule has 2 aromatic heterocycles. The molecule has 3 heterocycles. The number of anilines is 1. The highest BCUT2D eigenvalue weighted by atomic mass is 16.3. The van der Waals surface area contributed by atoms with Gasteiger partial charge in [0.25, 0.3) is 0 Å². The van der Waals surface area contributed by atoms with E-state index in [1.54, 1.807) is 31.9 Å². The Labute approximate surface area is 180 Å². The Hall–Kier alpha value is -3.43. The second kappa shape index (κ2) is 9.15. The van der Waals surface area contributed by atoms with Crippen molar-refractivity contribution >= 4 is 28.2 Å². The SMILES string of the molecule is CN(N)/C=C(\N)c1ccc2cnc(NC(=O)C3CCN(Cc4ncco4)CC3)cc2c1. The number of aromatic nitrogens is 2. The lowest BCUT2D eigenvalue weighted by Gasteiger charge is -2.30. The highest BCUT2D eigenvalue weighted by molar-refractivity contribution is 5.94. The highest BCUT2D eigenvalue weighted by Crippen LogP contribution is 2.23. The molecule has 0 unspecified atom stereocenters. The first-order chi connectivity index (χ1) is 15.0. The van der Waals surface area contributed by atoms with Crippen molar-refractivity contribution < 1.29 is 9.21 Å². The summed E-state index contributed by atoms with van der Waals surface area (Å²) in [6.07, 6.45) is 8.21. The molecule has 5 N–H and O–H groups in total. The van der Waals surface area contributed by atoms with Gasteiger partial charge in [0.15, 0.2) is 0 Å². The Balaban J connectivity index is 1.39. The van der Waals surface area contributed by atoms with Crippen LogP contribution in [0.5, 0.6) is 0 Å². The van der Waals surface area contributed by atoms with E-state index in [0.29, 0.717) is 24.0 Å². The number of amides is 1. The van der Waals surface area contributed by atoms with Gasteiger partial charge in [0.1, 0.15) is 12.1 Å². The fourth-order valence-corrected chi connectivity index (χ4v) is 3.79. The average Bonchev–Trinajstić information content (AvgIpc) is 3.26. The molecular weight excluding hydrogens is 394 g/mol. The average molecular weight is 422 g/mol. The Bertz CT molecular complexity index is 1070. The number of carbonyl (C=O) groups is 1. The number of rotatable bonds is 6. The molecule has 1 amide bonds. The van der Waals surface area contributed by atoms with Gasteiger partial charge in [0, 0.05) is 30.7 Å². The molecule has 0 radical (unpaired) electrons. The van der Waals surface area contributed by atoms with E-state index >= 15 is 0 Å². The number of piperidine rings is 1. The molecule has 9 nitrogen and oxygen atoms in total. The molecule has 1 aromatic carbocycles. The summed E-state index contributed by atoms with van der Waals surface area (Å²) in [5.41, 5.74) is 7.51. The lowest BCUT2D eigenvalue weighted by atomic mass is 9.96. The number of nitrogens with zero attached hydrogens (tertiary/aromatic N) is 4. The zero-order valence-electron chi connectivity index (χ0n) is 17.5. The maximum atomic E-state index is 12.8. The number of likely N-dealkylation sites (tertiary alicyclic amines) is 1. The van der Waals surface area contributed by atoms with Crippen LogP contribution >= 0.6 is 0 Å². The molecule has 0 aliphatic carbocycles. The van der Waals surface area contributed by atoms with Crippen LogP contribution in [0.25, 0.3) is 16.5 Å². The third-order valence-electron chi connectivity index (χ3n) is 5.45. The van der Waals surface area contributed by atoms with Gasteiger partial charge in [0.2, 0.25) is 11.8 Å². The molecular formula is C22H27N7O2. The molecule has 9 heteroatoms. The smallest absolute Gasteiger partial charge is 0.228 e. The minimum absolute atomic E-state index is 0.00273. The predicted octanol–water partition coefficient (Wildman–Crippen LogP) is 2.14. The van der Waals surface area contributed by atoms with Crippen LogP contribution in [0.1, 0.15) is 24.3 Å². The fourth-order valence-electron chi connectivity index (χ4n) is 3.79. The van der Waals surface area contributed by atoms with Crippen LogP contribution in [0, 0.1) is 5.92 Å². The number of oxazole rings is 1. The fraction of sp³-hybridized carbons (Fsp3) is 0.318. The molecule has 1 aliphatic rings. The Morgan fingerprint density at radius 1 is 1.29 bits per heavy atom. The van der Waals surface area contributed by atoms with Crippen LogP contribution in [0.4, 0.5) is 5.82 Å². The van der Waals surface area contributed by atoms with Crippen molar-refractivity contribution in [1.29, 1.82) is 0 Å². The third-order valence-corrected chi connectivity index (χ3v) is 5.45. The number of carbonyl (C=O) groups excluding carboxylic acids is 1. The summed E-state index contributed by atoms with van der Waals surface area (Å²) in [4.78, 5) is 23.6. The van der Waals surface area contributed by atoms with Crippen LogP contribution in [0.3, 0.4) is 0 Å². The molecule has 0 bridgehead atoms. The first-order valence-corrected chi connectivity index (χ1v) is 10.2. The van der Waals surface area contributed by atoms with Crippen molar-refractivity contribution in [2.45, 2.75) is 19.4 Å². The van der Waals surface area contributed by atoms with Crippen LogP contribution in [0.2, 0.25) is 0 Å². The summed E-state index contributed by atoms with van der Waals surface area (Å²) in [5.74, 6) is 6.85. The topological polar surface area (TPSA) is 127 Å². The Morgan fingerprint density at radius 2 is 2.10 bits per heavy atom. The first-order valence-electron chi connectivity index (χ1n) is 10.2. The quantitative estimate of drug-likeness (QED) is 0.408. The van der Waals surface area contributed by atoms with Gasteiger partial charge in [-0.2, -0.15) is 0 Å². The van der Waals surface area contributed by atoms with Gasteiger partial charge >= 0.3 is 0 Å². The standard InChI is InChI=1S/C22H27N7O2/c1-28(24)13-19(23)16-2-3-17-12-26-20(11-18(17)10-16)27-22(30)15-4-7-29(8-5-15)14-21-25-6-9-31-21/h2-3,6,9-13,15H,4-5,7-8,14,23-24H2,1H3,(H,26,27,30)/b19-13-. The number of fused-ring (bicyclic) bond motifs is 1. The molecule has 1 saturated heterocycles. The first kappa shape index (κ1) is 20.8. The van der Waals surface area contributed by atoms with Crippen molar-refractivity contribution in [3.63, 3.8) is 0 Å². The Morgan fingerprint density at radius 3 is 2.81 bits per heavy atom. The van der Waals surface area contributed by atoms with Gasteiger partial charge in [-0.05, 0) is 49.0 Å². The summed E-state index contributed by atoms with van der Waals surface area (Å²) in [7, 11) is 1.71. The Kier molecular flexibility index (Phi) is 6.15. The van der Waals surface area contributed by atoms with Crippen molar-refractivity contribution in [3.8, 4) is 0 Å². The molecule has 1 fully saturated rings. The number of nitrogens with one attached hydrogen (secondary N) is 1. The maximum Gasteiger partial charge on any atom is 0.228 e. The molecule has 1 aliphatic heterocycles. The van der Waals surface area contributed by atoms with E-state index in [1.165, 1.54) is 5.01 Å².